The summed E-state index contributed by atoms with van der Waals surface area (Å²) >= 11 is 0. The molecule has 1 heterocycles. The first-order valence-electron chi connectivity index (χ1n) is 10.1. The van der Waals surface area contributed by atoms with Crippen LogP contribution in [0.15, 0.2) is 30.3 Å². The van der Waals surface area contributed by atoms with Crippen LogP contribution in [0.25, 0.3) is 0 Å². The molecule has 1 saturated heterocycles. The molecule has 170 valence electrons. The smallest absolute Gasteiger partial charge is 0.345 e. The van der Waals surface area contributed by atoms with Crippen molar-refractivity contribution in [2.75, 3.05) is 44.1 Å². The molecule has 3 rings (SSSR count). The number of anilines is 2. The van der Waals surface area contributed by atoms with Crippen molar-refractivity contribution in [2.24, 2.45) is 0 Å². The number of nitrogens with one attached hydrogen (secondary N) is 1. The van der Waals surface area contributed by atoms with Gasteiger partial charge in [0.2, 0.25) is 0 Å². The lowest BCUT2D eigenvalue weighted by Crippen LogP contribution is -2.22. The Labute approximate surface area is 185 Å². The lowest BCUT2D eigenvalue weighted by Gasteiger charge is -2.19. The average Bonchev–Trinajstić information content (AvgIpc) is 3.32. The predicted octanol–water partition coefficient (Wildman–Crippen LogP) is 3.32. The minimum atomic E-state index is -1.02. The zero-order valence-electron chi connectivity index (χ0n) is 18.2. The number of hydrogen-bond donors (Lipinski definition) is 1. The van der Waals surface area contributed by atoms with Crippen LogP contribution in [0, 0.1) is 17.0 Å². The van der Waals surface area contributed by atoms with Gasteiger partial charge in [-0.15, -0.1) is 0 Å². The van der Waals surface area contributed by atoms with Gasteiger partial charge in [0.15, 0.2) is 18.1 Å². The standard InChI is InChI=1S/C22H25N3O7/c1-14-10-15(24-8-4-5-9-24)6-7-17(14)23-21(26)13-32-22(27)16-11-19(30-2)20(31-3)12-18(16)25(28)29/h6-7,10-12H,4-5,8-9,13H2,1-3H3,(H,23,26). The number of carbonyl (C=O) groups is 2. The molecular formula is C22H25N3O7. The van der Waals surface area contributed by atoms with Crippen molar-refractivity contribution in [3.63, 3.8) is 0 Å². The van der Waals surface area contributed by atoms with Crippen LogP contribution in [0.5, 0.6) is 11.5 Å². The molecule has 32 heavy (non-hydrogen) atoms. The number of carbonyl (C=O) groups excluding carboxylic acids is 2. The summed E-state index contributed by atoms with van der Waals surface area (Å²) < 4.78 is 15.1. The molecule has 1 aliphatic heterocycles. The van der Waals surface area contributed by atoms with E-state index in [0.717, 1.165) is 36.5 Å². The number of amides is 1. The van der Waals surface area contributed by atoms with Gasteiger partial charge in [0.1, 0.15) is 5.56 Å². The number of ether oxygens (including phenoxy) is 3. The first kappa shape index (κ1) is 22.9. The summed E-state index contributed by atoms with van der Waals surface area (Å²) in [5.74, 6) is -1.35. The Morgan fingerprint density at radius 1 is 1.09 bits per heavy atom. The number of methoxy groups -OCH3 is 2. The van der Waals surface area contributed by atoms with Crippen molar-refractivity contribution in [1.29, 1.82) is 0 Å². The lowest BCUT2D eigenvalue weighted by atomic mass is 10.1. The van der Waals surface area contributed by atoms with Gasteiger partial charge < -0.3 is 24.4 Å². The zero-order chi connectivity index (χ0) is 23.3. The van der Waals surface area contributed by atoms with Gasteiger partial charge in [0.05, 0.1) is 25.2 Å². The van der Waals surface area contributed by atoms with Gasteiger partial charge in [-0.2, -0.15) is 0 Å². The van der Waals surface area contributed by atoms with Gasteiger partial charge >= 0.3 is 5.97 Å². The fraction of sp³-hybridized carbons (Fsp3) is 0.364. The number of hydrogen-bond acceptors (Lipinski definition) is 8. The van der Waals surface area contributed by atoms with E-state index < -0.39 is 29.1 Å². The van der Waals surface area contributed by atoms with E-state index in [0.29, 0.717) is 5.69 Å². The Morgan fingerprint density at radius 2 is 1.75 bits per heavy atom. The van der Waals surface area contributed by atoms with Crippen LogP contribution in [-0.2, 0) is 9.53 Å². The monoisotopic (exact) mass is 443 g/mol. The number of nitro benzene ring substituents is 1. The molecule has 0 atom stereocenters. The van der Waals surface area contributed by atoms with Crippen LogP contribution in [-0.4, -0.2) is 50.7 Å². The maximum Gasteiger partial charge on any atom is 0.345 e. The zero-order valence-corrected chi connectivity index (χ0v) is 18.2. The van der Waals surface area contributed by atoms with Gasteiger partial charge in [0.25, 0.3) is 11.6 Å². The Hall–Kier alpha value is -3.82. The van der Waals surface area contributed by atoms with E-state index >= 15 is 0 Å². The fourth-order valence-electron chi connectivity index (χ4n) is 3.54. The average molecular weight is 443 g/mol. The van der Waals surface area contributed by atoms with E-state index in [9.17, 15) is 19.7 Å². The highest BCUT2D eigenvalue weighted by Crippen LogP contribution is 2.34. The lowest BCUT2D eigenvalue weighted by molar-refractivity contribution is -0.385. The van der Waals surface area contributed by atoms with E-state index in [-0.39, 0.29) is 17.1 Å². The van der Waals surface area contributed by atoms with Crippen molar-refractivity contribution in [3.8, 4) is 11.5 Å². The second-order valence-corrected chi connectivity index (χ2v) is 7.30. The number of esters is 1. The number of nitrogens with zero attached hydrogens (tertiary/aromatic N) is 2. The highest BCUT2D eigenvalue weighted by molar-refractivity contribution is 5.98. The molecule has 0 aliphatic carbocycles. The molecule has 0 unspecified atom stereocenters. The van der Waals surface area contributed by atoms with E-state index in [4.69, 9.17) is 14.2 Å². The third-order valence-corrected chi connectivity index (χ3v) is 5.21. The highest BCUT2D eigenvalue weighted by atomic mass is 16.6. The fourth-order valence-corrected chi connectivity index (χ4v) is 3.54. The van der Waals surface area contributed by atoms with Crippen molar-refractivity contribution >= 4 is 28.9 Å². The molecule has 2 aromatic carbocycles. The highest BCUT2D eigenvalue weighted by Gasteiger charge is 2.26. The van der Waals surface area contributed by atoms with E-state index in [1.807, 2.05) is 25.1 Å². The van der Waals surface area contributed by atoms with Gasteiger partial charge in [-0.1, -0.05) is 0 Å². The minimum absolute atomic E-state index is 0.0985. The molecule has 2 aromatic rings. The summed E-state index contributed by atoms with van der Waals surface area (Å²) in [6.45, 7) is 3.32. The Bertz CT molecular complexity index is 1030. The predicted molar refractivity (Wildman–Crippen MR) is 118 cm³/mol. The molecular weight excluding hydrogens is 418 g/mol. The first-order valence-corrected chi connectivity index (χ1v) is 10.1. The van der Waals surface area contributed by atoms with Crippen LogP contribution >= 0.6 is 0 Å². The topological polar surface area (TPSA) is 120 Å². The van der Waals surface area contributed by atoms with Gasteiger partial charge in [-0.3, -0.25) is 14.9 Å². The summed E-state index contributed by atoms with van der Waals surface area (Å²) in [4.78, 5) is 37.7. The van der Waals surface area contributed by atoms with Crippen LogP contribution in [0.1, 0.15) is 28.8 Å². The molecule has 0 radical (unpaired) electrons. The second-order valence-electron chi connectivity index (χ2n) is 7.30. The van der Waals surface area contributed by atoms with Crippen LogP contribution in [0.3, 0.4) is 0 Å². The van der Waals surface area contributed by atoms with Gasteiger partial charge in [-0.25, -0.2) is 4.79 Å². The Balaban J connectivity index is 1.66. The van der Waals surface area contributed by atoms with Crippen molar-refractivity contribution in [2.45, 2.75) is 19.8 Å². The molecule has 1 amide bonds. The van der Waals surface area contributed by atoms with Gasteiger partial charge in [0, 0.05) is 30.5 Å². The second kappa shape index (κ2) is 9.99. The maximum atomic E-state index is 12.4. The molecule has 10 heteroatoms. The Kier molecular flexibility index (Phi) is 7.14. The largest absolute Gasteiger partial charge is 0.493 e. The number of nitro groups is 1. The summed E-state index contributed by atoms with van der Waals surface area (Å²) in [6, 6.07) is 7.97. The summed E-state index contributed by atoms with van der Waals surface area (Å²) in [7, 11) is 2.66. The third kappa shape index (κ3) is 5.08. The molecule has 0 spiro atoms. The summed E-state index contributed by atoms with van der Waals surface area (Å²) in [5, 5.41) is 14.1. The van der Waals surface area contributed by atoms with E-state index in [1.54, 1.807) is 0 Å². The molecule has 0 saturated carbocycles. The van der Waals surface area contributed by atoms with Crippen molar-refractivity contribution in [3.05, 3.63) is 51.6 Å². The van der Waals surface area contributed by atoms with Crippen molar-refractivity contribution in [1.82, 2.24) is 0 Å². The molecule has 1 aliphatic rings. The van der Waals surface area contributed by atoms with Crippen molar-refractivity contribution < 1.29 is 28.7 Å². The van der Waals surface area contributed by atoms with E-state index in [1.165, 1.54) is 27.1 Å². The van der Waals surface area contributed by atoms with Gasteiger partial charge in [-0.05, 0) is 43.5 Å². The molecule has 0 bridgehead atoms. The number of aryl methyl sites for hydroxylation is 1. The van der Waals surface area contributed by atoms with Crippen LogP contribution in [0.2, 0.25) is 0 Å². The van der Waals surface area contributed by atoms with Crippen LogP contribution in [0.4, 0.5) is 17.1 Å². The van der Waals surface area contributed by atoms with E-state index in [2.05, 4.69) is 10.2 Å². The van der Waals surface area contributed by atoms with Crippen LogP contribution < -0.4 is 19.7 Å². The number of benzene rings is 2. The third-order valence-electron chi connectivity index (χ3n) is 5.21. The molecule has 0 aromatic heterocycles. The quantitative estimate of drug-likeness (QED) is 0.375. The maximum absolute atomic E-state index is 12.4. The summed E-state index contributed by atoms with van der Waals surface area (Å²) in [6.07, 6.45) is 2.34. The molecule has 1 N–H and O–H groups in total. The molecule has 1 fully saturated rings. The first-order chi connectivity index (χ1) is 15.3. The number of rotatable bonds is 8. The minimum Gasteiger partial charge on any atom is -0.493 e. The normalized spacial score (nSPS) is 12.9. The molecule has 10 nitrogen and oxygen atoms in total. The SMILES string of the molecule is COc1cc(C(=O)OCC(=O)Nc2ccc(N3CCCC3)cc2C)c([N+](=O)[O-])cc1OC. The Morgan fingerprint density at radius 3 is 2.34 bits per heavy atom. The summed E-state index contributed by atoms with van der Waals surface area (Å²) in [5.41, 5.74) is 1.73.